The van der Waals surface area contributed by atoms with Crippen LogP contribution in [-0.2, 0) is 16.1 Å². The quantitative estimate of drug-likeness (QED) is 0.303. The topological polar surface area (TPSA) is 120 Å². The molecule has 2 saturated heterocycles. The van der Waals surface area contributed by atoms with E-state index in [1.807, 2.05) is 13.8 Å². The molecule has 0 aliphatic carbocycles. The number of halogens is 1. The number of hydrogen-bond donors (Lipinski definition) is 2. The van der Waals surface area contributed by atoms with E-state index in [0.29, 0.717) is 83.3 Å². The van der Waals surface area contributed by atoms with Crippen LogP contribution in [0.25, 0.3) is 22.2 Å². The molecule has 0 atom stereocenters. The van der Waals surface area contributed by atoms with Crippen LogP contribution in [-0.4, -0.2) is 85.0 Å². The summed E-state index contributed by atoms with van der Waals surface area (Å²) in [5, 5.41) is 7.76. The fourth-order valence-electron chi connectivity index (χ4n) is 5.03. The van der Waals surface area contributed by atoms with Crippen molar-refractivity contribution in [3.63, 3.8) is 0 Å². The number of nitrogens with zero attached hydrogens (tertiary/aromatic N) is 4. The number of anilines is 1. The fourth-order valence-corrected chi connectivity index (χ4v) is 5.31. The Morgan fingerprint density at radius 1 is 1.14 bits per heavy atom. The molecule has 1 aromatic carbocycles. The lowest BCUT2D eigenvalue weighted by molar-refractivity contribution is -0.130. The summed E-state index contributed by atoms with van der Waals surface area (Å²) in [6.45, 7) is 8.22. The third-order valence-corrected chi connectivity index (χ3v) is 7.89. The normalized spacial score (nSPS) is 15.2. The second kappa shape index (κ2) is 13.1. The Bertz CT molecular complexity index is 1540. The Balaban J connectivity index is 1.42. The first-order valence-corrected chi connectivity index (χ1v) is 14.5. The SMILES string of the molecule is COc1cc(OC)c(Cl)c(-c2cc3cnc(NCCC4COC4)nc3n(CCNC3CN(C(=O)C=C(C)C)C3)c2=O)c1. The summed E-state index contributed by atoms with van der Waals surface area (Å²) in [6, 6.07) is 5.32. The van der Waals surface area contributed by atoms with Crippen molar-refractivity contribution in [1.29, 1.82) is 0 Å². The van der Waals surface area contributed by atoms with Gasteiger partial charge in [0.15, 0.2) is 0 Å². The molecule has 0 radical (unpaired) electrons. The molecule has 224 valence electrons. The average molecular weight is 597 g/mol. The standard InChI is InChI=1S/C30H37ClN6O5/c1-18(2)9-26(38)36-14-21(15-36)32-7-8-37-28-20(13-34-30(35-28)33-6-5-19-16-42-17-19)10-24(29(37)39)23-11-22(40-3)12-25(41-4)27(23)31/h9-13,19,21,32H,5-8,14-17H2,1-4H3,(H,33,34,35). The molecule has 2 N–H and O–H groups in total. The molecular weight excluding hydrogens is 560 g/mol. The molecule has 0 spiro atoms. The predicted molar refractivity (Wildman–Crippen MR) is 163 cm³/mol. The molecule has 42 heavy (non-hydrogen) atoms. The van der Waals surface area contributed by atoms with Crippen LogP contribution >= 0.6 is 11.6 Å². The van der Waals surface area contributed by atoms with Crippen molar-refractivity contribution in [2.24, 2.45) is 5.92 Å². The third-order valence-electron chi connectivity index (χ3n) is 7.50. The number of carbonyl (C=O) groups is 1. The summed E-state index contributed by atoms with van der Waals surface area (Å²) in [5.74, 6) is 1.96. The van der Waals surface area contributed by atoms with Crippen LogP contribution in [0.4, 0.5) is 5.95 Å². The number of nitrogens with one attached hydrogen (secondary N) is 2. The Morgan fingerprint density at radius 3 is 2.60 bits per heavy atom. The number of likely N-dealkylation sites (tertiary alicyclic amines) is 1. The van der Waals surface area contributed by atoms with Gasteiger partial charge in [0.05, 0.1) is 32.5 Å². The number of benzene rings is 1. The van der Waals surface area contributed by atoms with E-state index in [-0.39, 0.29) is 17.5 Å². The second-order valence-corrected chi connectivity index (χ2v) is 11.3. The lowest BCUT2D eigenvalue weighted by Gasteiger charge is -2.39. The molecule has 0 unspecified atom stereocenters. The molecule has 2 aromatic heterocycles. The number of rotatable bonds is 12. The van der Waals surface area contributed by atoms with Gasteiger partial charge in [-0.25, -0.2) is 4.98 Å². The second-order valence-electron chi connectivity index (χ2n) is 10.9. The van der Waals surface area contributed by atoms with Gasteiger partial charge in [-0.15, -0.1) is 0 Å². The highest BCUT2D eigenvalue weighted by Crippen LogP contribution is 2.38. The van der Waals surface area contributed by atoms with Gasteiger partial charge in [-0.3, -0.25) is 14.2 Å². The van der Waals surface area contributed by atoms with E-state index >= 15 is 0 Å². The summed E-state index contributed by atoms with van der Waals surface area (Å²) in [4.78, 5) is 37.3. The number of allylic oxidation sites excluding steroid dienone is 1. The van der Waals surface area contributed by atoms with Crippen LogP contribution in [0, 0.1) is 5.92 Å². The fraction of sp³-hybridized carbons (Fsp3) is 0.467. The number of ether oxygens (including phenoxy) is 3. The van der Waals surface area contributed by atoms with Crippen molar-refractivity contribution in [3.8, 4) is 22.6 Å². The molecule has 11 nitrogen and oxygen atoms in total. The lowest BCUT2D eigenvalue weighted by Crippen LogP contribution is -2.60. The molecular formula is C30H37ClN6O5. The average Bonchev–Trinajstić information content (AvgIpc) is 2.92. The molecule has 12 heteroatoms. The van der Waals surface area contributed by atoms with Crippen molar-refractivity contribution >= 4 is 34.5 Å². The van der Waals surface area contributed by atoms with Crippen LogP contribution in [0.2, 0.25) is 5.02 Å². The maximum absolute atomic E-state index is 14.0. The summed E-state index contributed by atoms with van der Waals surface area (Å²) >= 11 is 6.69. The zero-order chi connectivity index (χ0) is 29.8. The minimum Gasteiger partial charge on any atom is -0.497 e. The van der Waals surface area contributed by atoms with Crippen LogP contribution in [0.15, 0.2) is 40.8 Å². The monoisotopic (exact) mass is 596 g/mol. The highest BCUT2D eigenvalue weighted by Gasteiger charge is 2.29. The Hall–Kier alpha value is -3.67. The number of pyridine rings is 1. The number of carbonyl (C=O) groups excluding carboxylic acids is 1. The van der Waals surface area contributed by atoms with E-state index in [1.165, 1.54) is 7.11 Å². The Labute approximate surface area is 249 Å². The number of amides is 1. The molecule has 0 saturated carbocycles. The Morgan fingerprint density at radius 2 is 1.93 bits per heavy atom. The van der Waals surface area contributed by atoms with Crippen molar-refractivity contribution < 1.29 is 19.0 Å². The van der Waals surface area contributed by atoms with Gasteiger partial charge < -0.3 is 29.7 Å². The molecule has 3 aromatic rings. The number of methoxy groups -OCH3 is 2. The maximum atomic E-state index is 14.0. The predicted octanol–water partition coefficient (Wildman–Crippen LogP) is 3.34. The van der Waals surface area contributed by atoms with Crippen molar-refractivity contribution in [2.45, 2.75) is 32.9 Å². The first-order valence-electron chi connectivity index (χ1n) is 14.1. The molecule has 0 bridgehead atoms. The van der Waals surface area contributed by atoms with E-state index in [9.17, 15) is 9.59 Å². The van der Waals surface area contributed by atoms with Gasteiger partial charge in [-0.05, 0) is 32.4 Å². The van der Waals surface area contributed by atoms with E-state index in [1.54, 1.807) is 47.0 Å². The first kappa shape index (κ1) is 29.8. The van der Waals surface area contributed by atoms with Crippen molar-refractivity contribution in [1.82, 2.24) is 24.8 Å². The van der Waals surface area contributed by atoms with Gasteiger partial charge in [0.2, 0.25) is 11.9 Å². The third kappa shape index (κ3) is 6.53. The van der Waals surface area contributed by atoms with Crippen molar-refractivity contribution in [2.75, 3.05) is 58.9 Å². The number of hydrogen-bond acceptors (Lipinski definition) is 9. The van der Waals surface area contributed by atoms with Crippen LogP contribution in [0.1, 0.15) is 20.3 Å². The summed E-state index contributed by atoms with van der Waals surface area (Å²) in [5.41, 5.74) is 2.14. The van der Waals surface area contributed by atoms with Crippen LogP contribution in [0.3, 0.4) is 0 Å². The largest absolute Gasteiger partial charge is 0.497 e. The van der Waals surface area contributed by atoms with Gasteiger partial charge in [0.25, 0.3) is 5.56 Å². The van der Waals surface area contributed by atoms with E-state index in [0.717, 1.165) is 25.2 Å². The van der Waals surface area contributed by atoms with Gasteiger partial charge in [-0.2, -0.15) is 4.98 Å². The molecule has 4 heterocycles. The summed E-state index contributed by atoms with van der Waals surface area (Å²) < 4.78 is 17.8. The first-order chi connectivity index (χ1) is 20.3. The van der Waals surface area contributed by atoms with E-state index in [4.69, 9.17) is 30.8 Å². The van der Waals surface area contributed by atoms with Crippen LogP contribution < -0.4 is 25.7 Å². The number of aromatic nitrogens is 3. The highest BCUT2D eigenvalue weighted by atomic mass is 35.5. The zero-order valence-corrected chi connectivity index (χ0v) is 25.2. The Kier molecular flexibility index (Phi) is 9.30. The van der Waals surface area contributed by atoms with Gasteiger partial charge in [0, 0.05) is 79.5 Å². The van der Waals surface area contributed by atoms with Gasteiger partial charge >= 0.3 is 0 Å². The molecule has 2 aliphatic rings. The van der Waals surface area contributed by atoms with Crippen LogP contribution in [0.5, 0.6) is 11.5 Å². The van der Waals surface area contributed by atoms with Gasteiger partial charge in [-0.1, -0.05) is 17.2 Å². The zero-order valence-electron chi connectivity index (χ0n) is 24.4. The molecule has 5 rings (SSSR count). The maximum Gasteiger partial charge on any atom is 0.260 e. The van der Waals surface area contributed by atoms with Gasteiger partial charge in [0.1, 0.15) is 17.1 Å². The smallest absolute Gasteiger partial charge is 0.260 e. The molecule has 2 fully saturated rings. The molecule has 2 aliphatic heterocycles. The lowest BCUT2D eigenvalue weighted by atomic mass is 10.0. The minimum atomic E-state index is -0.244. The van der Waals surface area contributed by atoms with Crippen molar-refractivity contribution in [3.05, 3.63) is 51.4 Å². The summed E-state index contributed by atoms with van der Waals surface area (Å²) in [6.07, 6.45) is 4.33. The molecule has 1 amide bonds. The van der Waals surface area contributed by atoms with E-state index < -0.39 is 0 Å². The minimum absolute atomic E-state index is 0.0233. The highest BCUT2D eigenvalue weighted by molar-refractivity contribution is 6.35. The number of fused-ring (bicyclic) bond motifs is 1. The van der Waals surface area contributed by atoms with E-state index in [2.05, 4.69) is 15.6 Å². The summed E-state index contributed by atoms with van der Waals surface area (Å²) in [7, 11) is 3.07.